The Morgan fingerprint density at radius 2 is 1.90 bits per heavy atom. The summed E-state index contributed by atoms with van der Waals surface area (Å²) in [5, 5.41) is 3.89. The molecular formula is C14H19N3O2S. The number of pyridine rings is 1. The van der Waals surface area contributed by atoms with Crippen LogP contribution in [-0.4, -0.2) is 23.2 Å². The van der Waals surface area contributed by atoms with Crippen LogP contribution in [0.1, 0.15) is 32.0 Å². The van der Waals surface area contributed by atoms with Gasteiger partial charge in [-0.05, 0) is 11.6 Å². The van der Waals surface area contributed by atoms with E-state index in [1.54, 1.807) is 13.2 Å². The van der Waals surface area contributed by atoms with Crippen LogP contribution in [0.25, 0.3) is 0 Å². The third kappa shape index (κ3) is 3.25. The first kappa shape index (κ1) is 14.7. The molecule has 0 unspecified atom stereocenters. The molecule has 108 valence electrons. The molecule has 0 aliphatic rings. The summed E-state index contributed by atoms with van der Waals surface area (Å²) in [6.07, 6.45) is 4.51. The highest BCUT2D eigenvalue weighted by molar-refractivity contribution is 7.90. The van der Waals surface area contributed by atoms with Crippen molar-refractivity contribution >= 4 is 9.84 Å². The number of rotatable bonds is 3. The first-order valence-corrected chi connectivity index (χ1v) is 8.00. The molecule has 2 aromatic rings. The summed E-state index contributed by atoms with van der Waals surface area (Å²) in [6.45, 7) is 6.21. The van der Waals surface area contributed by atoms with Gasteiger partial charge >= 0.3 is 0 Å². The zero-order valence-corrected chi connectivity index (χ0v) is 13.0. The van der Waals surface area contributed by atoms with Crippen molar-refractivity contribution in [1.29, 1.82) is 0 Å². The second-order valence-corrected chi connectivity index (χ2v) is 7.90. The van der Waals surface area contributed by atoms with E-state index >= 15 is 0 Å². The maximum absolute atomic E-state index is 12.2. The Bertz CT molecular complexity index is 695. The van der Waals surface area contributed by atoms with Gasteiger partial charge in [-0.1, -0.05) is 26.8 Å². The van der Waals surface area contributed by atoms with Crippen molar-refractivity contribution in [3.8, 4) is 0 Å². The standard InChI is InChI=1S/C14H19N3O2S/c1-14(2,3)13-6-5-11(7-15-13)10-20(18,19)12-8-16-17(4)9-12/h5-9H,10H2,1-4H3. The molecule has 0 aromatic carbocycles. The molecule has 0 fully saturated rings. The zero-order valence-electron chi connectivity index (χ0n) is 12.2. The highest BCUT2D eigenvalue weighted by atomic mass is 32.2. The van der Waals surface area contributed by atoms with E-state index < -0.39 is 9.84 Å². The van der Waals surface area contributed by atoms with Crippen LogP contribution in [0.5, 0.6) is 0 Å². The number of nitrogens with zero attached hydrogens (tertiary/aromatic N) is 3. The SMILES string of the molecule is Cn1cc(S(=O)(=O)Cc2ccc(C(C)(C)C)nc2)cn1. The van der Waals surface area contributed by atoms with E-state index in [-0.39, 0.29) is 16.1 Å². The molecule has 2 heterocycles. The summed E-state index contributed by atoms with van der Waals surface area (Å²) in [4.78, 5) is 4.58. The molecule has 0 saturated carbocycles. The molecule has 0 N–H and O–H groups in total. The van der Waals surface area contributed by atoms with Gasteiger partial charge in [-0.25, -0.2) is 8.42 Å². The fourth-order valence-corrected chi connectivity index (χ4v) is 3.11. The van der Waals surface area contributed by atoms with E-state index in [4.69, 9.17) is 0 Å². The molecule has 0 aliphatic heterocycles. The summed E-state index contributed by atoms with van der Waals surface area (Å²) in [6, 6.07) is 3.70. The summed E-state index contributed by atoms with van der Waals surface area (Å²) >= 11 is 0. The third-order valence-electron chi connectivity index (χ3n) is 2.99. The van der Waals surface area contributed by atoms with E-state index in [0.29, 0.717) is 5.56 Å². The van der Waals surface area contributed by atoms with Gasteiger partial charge in [0.05, 0.1) is 11.9 Å². The highest BCUT2D eigenvalue weighted by Gasteiger charge is 2.19. The van der Waals surface area contributed by atoms with Crippen LogP contribution >= 0.6 is 0 Å². The van der Waals surface area contributed by atoms with Gasteiger partial charge in [-0.15, -0.1) is 0 Å². The van der Waals surface area contributed by atoms with E-state index in [9.17, 15) is 8.42 Å². The fourth-order valence-electron chi connectivity index (χ4n) is 1.82. The Labute approximate surface area is 119 Å². The van der Waals surface area contributed by atoms with E-state index in [0.717, 1.165) is 5.69 Å². The van der Waals surface area contributed by atoms with Crippen LogP contribution in [0, 0.1) is 0 Å². The lowest BCUT2D eigenvalue weighted by atomic mass is 9.91. The Morgan fingerprint density at radius 3 is 2.35 bits per heavy atom. The lowest BCUT2D eigenvalue weighted by Gasteiger charge is -2.17. The summed E-state index contributed by atoms with van der Waals surface area (Å²) in [7, 11) is -1.67. The van der Waals surface area contributed by atoms with Crippen LogP contribution in [-0.2, 0) is 28.1 Å². The number of aromatic nitrogens is 3. The molecule has 2 aromatic heterocycles. The van der Waals surface area contributed by atoms with E-state index in [1.807, 2.05) is 12.1 Å². The molecule has 20 heavy (non-hydrogen) atoms. The average Bonchev–Trinajstić information content (AvgIpc) is 2.76. The lowest BCUT2D eigenvalue weighted by Crippen LogP contribution is -2.13. The molecule has 6 heteroatoms. The van der Waals surface area contributed by atoms with E-state index in [2.05, 4.69) is 30.9 Å². The number of sulfone groups is 1. The average molecular weight is 293 g/mol. The van der Waals surface area contributed by atoms with Gasteiger partial charge in [0.25, 0.3) is 0 Å². The zero-order chi connectivity index (χ0) is 15.0. The first-order valence-electron chi connectivity index (χ1n) is 6.35. The molecule has 0 aliphatic carbocycles. The predicted octanol–water partition coefficient (Wildman–Crippen LogP) is 2.09. The fraction of sp³-hybridized carbons (Fsp3) is 0.429. The summed E-state index contributed by atoms with van der Waals surface area (Å²) < 4.78 is 25.9. The molecule has 0 amide bonds. The van der Waals surface area contributed by atoms with Gasteiger partial charge in [0.1, 0.15) is 4.90 Å². The van der Waals surface area contributed by atoms with Crippen LogP contribution in [0.4, 0.5) is 0 Å². The second-order valence-electron chi connectivity index (χ2n) is 5.91. The van der Waals surface area contributed by atoms with Crippen LogP contribution in [0.2, 0.25) is 0 Å². The summed E-state index contributed by atoms with van der Waals surface area (Å²) in [5.41, 5.74) is 1.59. The van der Waals surface area contributed by atoms with Crippen LogP contribution < -0.4 is 0 Å². The minimum atomic E-state index is -3.36. The molecule has 0 bridgehead atoms. The van der Waals surface area contributed by atoms with E-state index in [1.165, 1.54) is 17.1 Å². The normalized spacial score (nSPS) is 12.6. The lowest BCUT2D eigenvalue weighted by molar-refractivity contribution is 0.568. The first-order chi connectivity index (χ1) is 9.18. The monoisotopic (exact) mass is 293 g/mol. The summed E-state index contributed by atoms with van der Waals surface area (Å²) in [5.74, 6) is -0.0594. The predicted molar refractivity (Wildman–Crippen MR) is 77.0 cm³/mol. The highest BCUT2D eigenvalue weighted by Crippen LogP contribution is 2.21. The molecule has 0 saturated heterocycles. The smallest absolute Gasteiger partial charge is 0.185 e. The van der Waals surface area contributed by atoms with Crippen LogP contribution in [0.15, 0.2) is 35.6 Å². The van der Waals surface area contributed by atoms with Crippen molar-refractivity contribution in [3.63, 3.8) is 0 Å². The van der Waals surface area contributed by atoms with Crippen molar-refractivity contribution in [2.75, 3.05) is 0 Å². The maximum atomic E-state index is 12.2. The molecule has 2 rings (SSSR count). The Kier molecular flexibility index (Phi) is 3.69. The molecule has 0 atom stereocenters. The Balaban J connectivity index is 2.22. The number of aryl methyl sites for hydroxylation is 1. The van der Waals surface area contributed by atoms with Crippen molar-refractivity contribution in [1.82, 2.24) is 14.8 Å². The topological polar surface area (TPSA) is 64.8 Å². The van der Waals surface area contributed by atoms with Gasteiger partial charge in [-0.3, -0.25) is 9.67 Å². The third-order valence-corrected chi connectivity index (χ3v) is 4.63. The van der Waals surface area contributed by atoms with Crippen molar-refractivity contribution in [2.24, 2.45) is 7.05 Å². The quantitative estimate of drug-likeness (QED) is 0.869. The minimum absolute atomic E-state index is 0.0409. The molecular weight excluding hydrogens is 274 g/mol. The van der Waals surface area contributed by atoms with Gasteiger partial charge < -0.3 is 0 Å². The van der Waals surface area contributed by atoms with Gasteiger partial charge in [0, 0.05) is 30.6 Å². The van der Waals surface area contributed by atoms with Crippen LogP contribution in [0.3, 0.4) is 0 Å². The van der Waals surface area contributed by atoms with Crippen molar-refractivity contribution in [2.45, 2.75) is 36.8 Å². The van der Waals surface area contributed by atoms with Gasteiger partial charge in [0.15, 0.2) is 9.84 Å². The number of hydrogen-bond donors (Lipinski definition) is 0. The number of hydrogen-bond acceptors (Lipinski definition) is 4. The van der Waals surface area contributed by atoms with Gasteiger partial charge in [-0.2, -0.15) is 5.10 Å². The largest absolute Gasteiger partial charge is 0.274 e. The van der Waals surface area contributed by atoms with Crippen molar-refractivity contribution < 1.29 is 8.42 Å². The Morgan fingerprint density at radius 1 is 1.20 bits per heavy atom. The molecule has 0 spiro atoms. The molecule has 0 radical (unpaired) electrons. The second kappa shape index (κ2) is 5.01. The molecule has 5 nitrogen and oxygen atoms in total. The minimum Gasteiger partial charge on any atom is -0.274 e. The van der Waals surface area contributed by atoms with Gasteiger partial charge in [0.2, 0.25) is 0 Å². The maximum Gasteiger partial charge on any atom is 0.185 e. The Hall–Kier alpha value is -1.69. The van der Waals surface area contributed by atoms with Crippen molar-refractivity contribution in [3.05, 3.63) is 42.0 Å².